The van der Waals surface area contributed by atoms with Crippen LogP contribution in [0.3, 0.4) is 0 Å². The van der Waals surface area contributed by atoms with Gasteiger partial charge in [0, 0.05) is 12.1 Å². The first-order chi connectivity index (χ1) is 9.70. The van der Waals surface area contributed by atoms with Crippen LogP contribution in [0.4, 0.5) is 0 Å². The molecule has 1 atom stereocenters. The molecule has 3 rings (SSSR count). The third-order valence-corrected chi connectivity index (χ3v) is 4.13. The van der Waals surface area contributed by atoms with Gasteiger partial charge in [-0.1, -0.05) is 36.4 Å². The summed E-state index contributed by atoms with van der Waals surface area (Å²) >= 11 is 0. The molecule has 0 bridgehead atoms. The Morgan fingerprint density at radius 3 is 2.50 bits per heavy atom. The van der Waals surface area contributed by atoms with Gasteiger partial charge in [-0.15, -0.1) is 0 Å². The quantitative estimate of drug-likeness (QED) is 0.902. The lowest BCUT2D eigenvalue weighted by Crippen LogP contribution is -2.30. The van der Waals surface area contributed by atoms with Gasteiger partial charge in [0.1, 0.15) is 11.9 Å². The summed E-state index contributed by atoms with van der Waals surface area (Å²) in [7, 11) is 0. The molecule has 2 N–H and O–H groups in total. The van der Waals surface area contributed by atoms with Crippen molar-refractivity contribution < 1.29 is 4.74 Å². The Labute approximate surface area is 120 Å². The van der Waals surface area contributed by atoms with E-state index in [4.69, 9.17) is 10.5 Å². The normalized spacial score (nSPS) is 17.4. The second kappa shape index (κ2) is 5.29. The fraction of sp³-hybridized carbons (Fsp3) is 0.333. The molecule has 0 saturated heterocycles. The van der Waals surface area contributed by atoms with Gasteiger partial charge in [-0.2, -0.15) is 0 Å². The first-order valence-electron chi connectivity index (χ1n) is 7.26. The van der Waals surface area contributed by atoms with Gasteiger partial charge < -0.3 is 10.5 Å². The maximum Gasteiger partial charge on any atom is 0.130 e. The number of benzene rings is 2. The fourth-order valence-electron chi connectivity index (χ4n) is 3.07. The van der Waals surface area contributed by atoms with E-state index in [1.165, 1.54) is 27.8 Å². The SMILES string of the molecule is Cc1cccc(C)c1-c1cccc2c1O[C@@H](CN)CC2. The van der Waals surface area contributed by atoms with Crippen LogP contribution in [0.5, 0.6) is 5.75 Å². The number of rotatable bonds is 2. The molecule has 0 radical (unpaired) electrons. The third kappa shape index (κ3) is 2.20. The van der Waals surface area contributed by atoms with E-state index >= 15 is 0 Å². The Hall–Kier alpha value is -1.80. The van der Waals surface area contributed by atoms with E-state index in [-0.39, 0.29) is 6.10 Å². The summed E-state index contributed by atoms with van der Waals surface area (Å²) in [6.45, 7) is 4.90. The highest BCUT2D eigenvalue weighted by Gasteiger charge is 2.22. The highest BCUT2D eigenvalue weighted by atomic mass is 16.5. The van der Waals surface area contributed by atoms with Crippen LogP contribution in [0, 0.1) is 13.8 Å². The molecule has 20 heavy (non-hydrogen) atoms. The van der Waals surface area contributed by atoms with E-state index in [2.05, 4.69) is 50.2 Å². The van der Waals surface area contributed by atoms with Crippen LogP contribution in [-0.2, 0) is 6.42 Å². The first-order valence-corrected chi connectivity index (χ1v) is 7.26. The molecule has 0 saturated carbocycles. The van der Waals surface area contributed by atoms with Gasteiger partial charge in [-0.25, -0.2) is 0 Å². The van der Waals surface area contributed by atoms with Crippen molar-refractivity contribution in [2.24, 2.45) is 5.73 Å². The fourth-order valence-corrected chi connectivity index (χ4v) is 3.07. The molecule has 0 aromatic heterocycles. The van der Waals surface area contributed by atoms with E-state index in [9.17, 15) is 0 Å². The summed E-state index contributed by atoms with van der Waals surface area (Å²) in [5.41, 5.74) is 12.2. The molecular formula is C18H21NO. The maximum atomic E-state index is 6.15. The number of nitrogens with two attached hydrogens (primary N) is 1. The molecule has 0 amide bonds. The Morgan fingerprint density at radius 2 is 1.80 bits per heavy atom. The predicted molar refractivity (Wildman–Crippen MR) is 83.1 cm³/mol. The van der Waals surface area contributed by atoms with Gasteiger partial charge in [0.05, 0.1) is 0 Å². The maximum absolute atomic E-state index is 6.15. The van der Waals surface area contributed by atoms with Crippen molar-refractivity contribution in [3.05, 3.63) is 53.1 Å². The zero-order chi connectivity index (χ0) is 14.1. The average Bonchev–Trinajstić information content (AvgIpc) is 2.47. The molecule has 1 aliphatic heterocycles. The van der Waals surface area contributed by atoms with Crippen molar-refractivity contribution in [1.82, 2.24) is 0 Å². The highest BCUT2D eigenvalue weighted by molar-refractivity contribution is 5.77. The van der Waals surface area contributed by atoms with Gasteiger partial charge in [0.25, 0.3) is 0 Å². The van der Waals surface area contributed by atoms with Crippen LogP contribution in [0.25, 0.3) is 11.1 Å². The van der Waals surface area contributed by atoms with Crippen LogP contribution in [-0.4, -0.2) is 12.6 Å². The summed E-state index contributed by atoms with van der Waals surface area (Å²) < 4.78 is 6.15. The molecule has 0 unspecified atom stereocenters. The van der Waals surface area contributed by atoms with E-state index in [0.717, 1.165) is 18.6 Å². The molecule has 0 aliphatic carbocycles. The molecule has 104 valence electrons. The van der Waals surface area contributed by atoms with Gasteiger partial charge >= 0.3 is 0 Å². The number of aryl methyl sites for hydroxylation is 3. The lowest BCUT2D eigenvalue weighted by atomic mass is 9.91. The van der Waals surface area contributed by atoms with Gasteiger partial charge in [-0.3, -0.25) is 0 Å². The van der Waals surface area contributed by atoms with Crippen molar-refractivity contribution >= 4 is 0 Å². The molecule has 1 aliphatic rings. The second-order valence-electron chi connectivity index (χ2n) is 5.57. The van der Waals surface area contributed by atoms with Crippen molar-refractivity contribution in [3.63, 3.8) is 0 Å². The predicted octanol–water partition coefficient (Wildman–Crippen LogP) is 3.62. The summed E-state index contributed by atoms with van der Waals surface area (Å²) in [5.74, 6) is 1.03. The first kappa shape index (κ1) is 13.2. The molecule has 2 nitrogen and oxygen atoms in total. The minimum Gasteiger partial charge on any atom is -0.488 e. The highest BCUT2D eigenvalue weighted by Crippen LogP contribution is 2.40. The Bertz CT molecular complexity index is 613. The lowest BCUT2D eigenvalue weighted by Gasteiger charge is -2.28. The minimum atomic E-state index is 0.146. The molecule has 1 heterocycles. The van der Waals surface area contributed by atoms with Crippen LogP contribution < -0.4 is 10.5 Å². The van der Waals surface area contributed by atoms with E-state index in [1.54, 1.807) is 0 Å². The lowest BCUT2D eigenvalue weighted by molar-refractivity contribution is 0.182. The van der Waals surface area contributed by atoms with Crippen LogP contribution >= 0.6 is 0 Å². The van der Waals surface area contributed by atoms with Crippen molar-refractivity contribution in [2.75, 3.05) is 6.54 Å². The van der Waals surface area contributed by atoms with Gasteiger partial charge in [0.15, 0.2) is 0 Å². The Kier molecular flexibility index (Phi) is 3.49. The Balaban J connectivity index is 2.16. The number of hydrogen-bond donors (Lipinski definition) is 1. The largest absolute Gasteiger partial charge is 0.488 e. The molecule has 0 fully saturated rings. The molecular weight excluding hydrogens is 246 g/mol. The van der Waals surface area contributed by atoms with Crippen LogP contribution in [0.1, 0.15) is 23.1 Å². The monoisotopic (exact) mass is 267 g/mol. The second-order valence-corrected chi connectivity index (χ2v) is 5.57. The summed E-state index contributed by atoms with van der Waals surface area (Å²) in [6.07, 6.45) is 2.21. The molecule has 2 heteroatoms. The molecule has 0 spiro atoms. The van der Waals surface area contributed by atoms with E-state index in [1.807, 2.05) is 0 Å². The van der Waals surface area contributed by atoms with E-state index < -0.39 is 0 Å². The van der Waals surface area contributed by atoms with Crippen molar-refractivity contribution in [3.8, 4) is 16.9 Å². The smallest absolute Gasteiger partial charge is 0.130 e. The Morgan fingerprint density at radius 1 is 1.10 bits per heavy atom. The number of fused-ring (bicyclic) bond motifs is 1. The number of ether oxygens (including phenoxy) is 1. The standard InChI is InChI=1S/C18H21NO/c1-12-5-3-6-13(2)17(12)16-8-4-7-14-9-10-15(11-19)20-18(14)16/h3-8,15H,9-11,19H2,1-2H3/t15-/m1/s1. The van der Waals surface area contributed by atoms with Crippen LogP contribution in [0.2, 0.25) is 0 Å². The van der Waals surface area contributed by atoms with Crippen molar-refractivity contribution in [2.45, 2.75) is 32.8 Å². The van der Waals surface area contributed by atoms with Crippen molar-refractivity contribution in [1.29, 1.82) is 0 Å². The summed E-state index contributed by atoms with van der Waals surface area (Å²) in [5, 5.41) is 0. The number of para-hydroxylation sites is 1. The number of hydrogen-bond acceptors (Lipinski definition) is 2. The summed E-state index contributed by atoms with van der Waals surface area (Å²) in [6, 6.07) is 12.9. The third-order valence-electron chi connectivity index (χ3n) is 4.13. The van der Waals surface area contributed by atoms with Crippen LogP contribution in [0.15, 0.2) is 36.4 Å². The molecule has 2 aromatic rings. The topological polar surface area (TPSA) is 35.2 Å². The average molecular weight is 267 g/mol. The zero-order valence-electron chi connectivity index (χ0n) is 12.1. The molecule has 2 aromatic carbocycles. The zero-order valence-corrected chi connectivity index (χ0v) is 12.1. The minimum absolute atomic E-state index is 0.146. The van der Waals surface area contributed by atoms with E-state index in [0.29, 0.717) is 6.54 Å². The van der Waals surface area contributed by atoms with Gasteiger partial charge in [-0.05, 0) is 48.9 Å². The van der Waals surface area contributed by atoms with Gasteiger partial charge in [0.2, 0.25) is 0 Å². The summed E-state index contributed by atoms with van der Waals surface area (Å²) in [4.78, 5) is 0.